The van der Waals surface area contributed by atoms with E-state index in [1.165, 1.54) is 0 Å². The highest BCUT2D eigenvalue weighted by atomic mass is 16.5. The maximum Gasteiger partial charge on any atom is 0.193 e. The van der Waals surface area contributed by atoms with Crippen molar-refractivity contribution in [2.24, 2.45) is 5.73 Å². The molecule has 0 atom stereocenters. The van der Waals surface area contributed by atoms with Crippen LogP contribution in [0, 0.1) is 6.92 Å². The molecule has 0 aromatic heterocycles. The van der Waals surface area contributed by atoms with Crippen LogP contribution in [0.1, 0.15) is 34.0 Å². The third-order valence-electron chi connectivity index (χ3n) is 3.16. The van der Waals surface area contributed by atoms with E-state index >= 15 is 0 Å². The van der Waals surface area contributed by atoms with E-state index in [1.807, 2.05) is 50.2 Å². The Morgan fingerprint density at radius 1 is 1.15 bits per heavy atom. The SMILES string of the molecule is CCOc1ccc(C(=O)c2cccc(CN)c2)cc1C. The van der Waals surface area contributed by atoms with Gasteiger partial charge in [0.25, 0.3) is 0 Å². The maximum absolute atomic E-state index is 12.5. The Balaban J connectivity index is 2.31. The Morgan fingerprint density at radius 2 is 1.90 bits per heavy atom. The van der Waals surface area contributed by atoms with Crippen molar-refractivity contribution in [2.75, 3.05) is 6.61 Å². The maximum atomic E-state index is 12.5. The minimum absolute atomic E-state index is 0.00597. The minimum atomic E-state index is 0.00597. The normalized spacial score (nSPS) is 10.3. The van der Waals surface area contributed by atoms with Crippen LogP contribution >= 0.6 is 0 Å². The van der Waals surface area contributed by atoms with Crippen LogP contribution in [0.5, 0.6) is 5.75 Å². The first-order valence-corrected chi connectivity index (χ1v) is 6.73. The van der Waals surface area contributed by atoms with Gasteiger partial charge in [0, 0.05) is 17.7 Å². The highest BCUT2D eigenvalue weighted by Crippen LogP contribution is 2.21. The molecular weight excluding hydrogens is 250 g/mol. The largest absolute Gasteiger partial charge is 0.494 e. The van der Waals surface area contributed by atoms with E-state index in [2.05, 4.69) is 0 Å². The van der Waals surface area contributed by atoms with Crippen molar-refractivity contribution in [3.8, 4) is 5.75 Å². The average molecular weight is 269 g/mol. The Bertz CT molecular complexity index is 620. The van der Waals surface area contributed by atoms with Crippen LogP contribution < -0.4 is 10.5 Å². The lowest BCUT2D eigenvalue weighted by Crippen LogP contribution is -2.04. The van der Waals surface area contributed by atoms with E-state index in [0.717, 1.165) is 16.9 Å². The van der Waals surface area contributed by atoms with Crippen LogP contribution in [0.2, 0.25) is 0 Å². The molecular formula is C17H19NO2. The van der Waals surface area contributed by atoms with E-state index in [1.54, 1.807) is 6.07 Å². The number of benzene rings is 2. The van der Waals surface area contributed by atoms with Gasteiger partial charge in [-0.3, -0.25) is 4.79 Å². The van der Waals surface area contributed by atoms with Crippen LogP contribution in [-0.2, 0) is 6.54 Å². The molecule has 0 fully saturated rings. The summed E-state index contributed by atoms with van der Waals surface area (Å²) in [5.74, 6) is 0.825. The molecule has 2 rings (SSSR count). The van der Waals surface area contributed by atoms with Gasteiger partial charge in [0.1, 0.15) is 5.75 Å². The Kier molecular flexibility index (Phi) is 4.53. The summed E-state index contributed by atoms with van der Waals surface area (Å²) in [4.78, 5) is 12.5. The number of hydrogen-bond donors (Lipinski definition) is 1. The molecule has 0 amide bonds. The molecule has 0 saturated carbocycles. The molecule has 0 unspecified atom stereocenters. The predicted octanol–water partition coefficient (Wildman–Crippen LogP) is 3.08. The van der Waals surface area contributed by atoms with Crippen molar-refractivity contribution in [1.29, 1.82) is 0 Å². The van der Waals surface area contributed by atoms with Gasteiger partial charge in [-0.1, -0.05) is 18.2 Å². The summed E-state index contributed by atoms with van der Waals surface area (Å²) >= 11 is 0. The van der Waals surface area contributed by atoms with Crippen molar-refractivity contribution < 1.29 is 9.53 Å². The summed E-state index contributed by atoms with van der Waals surface area (Å²) < 4.78 is 5.49. The summed E-state index contributed by atoms with van der Waals surface area (Å²) in [6, 6.07) is 12.9. The fourth-order valence-corrected chi connectivity index (χ4v) is 2.11. The van der Waals surface area contributed by atoms with Crippen LogP contribution in [-0.4, -0.2) is 12.4 Å². The first-order valence-electron chi connectivity index (χ1n) is 6.73. The first kappa shape index (κ1) is 14.3. The fourth-order valence-electron chi connectivity index (χ4n) is 2.11. The summed E-state index contributed by atoms with van der Waals surface area (Å²) in [7, 11) is 0. The Morgan fingerprint density at radius 3 is 2.55 bits per heavy atom. The summed E-state index contributed by atoms with van der Waals surface area (Å²) in [5, 5.41) is 0. The summed E-state index contributed by atoms with van der Waals surface area (Å²) in [5.41, 5.74) is 8.86. The van der Waals surface area contributed by atoms with Gasteiger partial charge in [-0.15, -0.1) is 0 Å². The lowest BCUT2D eigenvalue weighted by Gasteiger charge is -2.09. The molecule has 0 aliphatic rings. The number of nitrogens with two attached hydrogens (primary N) is 1. The number of ketones is 1. The standard InChI is InChI=1S/C17H19NO2/c1-3-20-16-8-7-15(9-12(16)2)17(19)14-6-4-5-13(10-14)11-18/h4-10H,3,11,18H2,1-2H3. The van der Waals surface area contributed by atoms with Crippen LogP contribution in [0.4, 0.5) is 0 Å². The van der Waals surface area contributed by atoms with Gasteiger partial charge in [-0.05, 0) is 49.2 Å². The number of rotatable bonds is 5. The van der Waals surface area contributed by atoms with Gasteiger partial charge >= 0.3 is 0 Å². The third-order valence-corrected chi connectivity index (χ3v) is 3.16. The zero-order chi connectivity index (χ0) is 14.5. The van der Waals surface area contributed by atoms with Gasteiger partial charge < -0.3 is 10.5 Å². The number of hydrogen-bond acceptors (Lipinski definition) is 3. The molecule has 0 saturated heterocycles. The lowest BCUT2D eigenvalue weighted by atomic mass is 9.99. The molecule has 0 aliphatic heterocycles. The van der Waals surface area contributed by atoms with Crippen molar-refractivity contribution in [3.05, 3.63) is 64.7 Å². The predicted molar refractivity (Wildman–Crippen MR) is 80.1 cm³/mol. The second-order valence-electron chi connectivity index (χ2n) is 4.65. The molecule has 3 heteroatoms. The molecule has 3 nitrogen and oxygen atoms in total. The molecule has 0 bridgehead atoms. The molecule has 20 heavy (non-hydrogen) atoms. The lowest BCUT2D eigenvalue weighted by molar-refractivity contribution is 0.103. The first-order chi connectivity index (χ1) is 9.65. The van der Waals surface area contributed by atoms with Crippen molar-refractivity contribution >= 4 is 5.78 Å². The zero-order valence-corrected chi connectivity index (χ0v) is 11.8. The van der Waals surface area contributed by atoms with Crippen molar-refractivity contribution in [3.63, 3.8) is 0 Å². The highest BCUT2D eigenvalue weighted by molar-refractivity contribution is 6.09. The molecule has 104 valence electrons. The summed E-state index contributed by atoms with van der Waals surface area (Å²) in [6.45, 7) is 4.94. The summed E-state index contributed by atoms with van der Waals surface area (Å²) in [6.07, 6.45) is 0. The average Bonchev–Trinajstić information content (AvgIpc) is 2.49. The number of aryl methyl sites for hydroxylation is 1. The van der Waals surface area contributed by atoms with Gasteiger partial charge in [0.05, 0.1) is 6.61 Å². The smallest absolute Gasteiger partial charge is 0.193 e. The second kappa shape index (κ2) is 6.35. The molecule has 2 aromatic carbocycles. The quantitative estimate of drug-likeness (QED) is 0.849. The van der Waals surface area contributed by atoms with Gasteiger partial charge in [0.15, 0.2) is 5.78 Å². The molecule has 0 aliphatic carbocycles. The van der Waals surface area contributed by atoms with Gasteiger partial charge in [-0.2, -0.15) is 0 Å². The van der Waals surface area contributed by atoms with Crippen molar-refractivity contribution in [2.45, 2.75) is 20.4 Å². The van der Waals surface area contributed by atoms with Crippen LogP contribution in [0.25, 0.3) is 0 Å². The van der Waals surface area contributed by atoms with Gasteiger partial charge in [0.2, 0.25) is 0 Å². The van der Waals surface area contributed by atoms with E-state index in [4.69, 9.17) is 10.5 Å². The number of carbonyl (C=O) groups excluding carboxylic acids is 1. The Labute approximate surface area is 119 Å². The minimum Gasteiger partial charge on any atom is -0.494 e. The monoisotopic (exact) mass is 269 g/mol. The van der Waals surface area contributed by atoms with Gasteiger partial charge in [-0.25, -0.2) is 0 Å². The van der Waals surface area contributed by atoms with E-state index < -0.39 is 0 Å². The topological polar surface area (TPSA) is 52.3 Å². The van der Waals surface area contributed by atoms with E-state index in [0.29, 0.717) is 24.3 Å². The van der Waals surface area contributed by atoms with E-state index in [-0.39, 0.29) is 5.78 Å². The molecule has 2 N–H and O–H groups in total. The third kappa shape index (κ3) is 3.06. The highest BCUT2D eigenvalue weighted by Gasteiger charge is 2.11. The van der Waals surface area contributed by atoms with Crippen LogP contribution in [0.3, 0.4) is 0 Å². The zero-order valence-electron chi connectivity index (χ0n) is 11.8. The van der Waals surface area contributed by atoms with Crippen LogP contribution in [0.15, 0.2) is 42.5 Å². The number of ether oxygens (including phenoxy) is 1. The molecule has 2 aromatic rings. The van der Waals surface area contributed by atoms with E-state index in [9.17, 15) is 4.79 Å². The second-order valence-corrected chi connectivity index (χ2v) is 4.65. The molecule has 0 radical (unpaired) electrons. The molecule has 0 heterocycles. The number of carbonyl (C=O) groups is 1. The fraction of sp³-hybridized carbons (Fsp3) is 0.235. The molecule has 0 spiro atoms. The van der Waals surface area contributed by atoms with Crippen molar-refractivity contribution in [1.82, 2.24) is 0 Å². The Hall–Kier alpha value is -2.13.